The summed E-state index contributed by atoms with van der Waals surface area (Å²) in [5.41, 5.74) is 4.73. The number of hydrogen-bond donors (Lipinski definition) is 1. The highest BCUT2D eigenvalue weighted by Gasteiger charge is 2.16. The molecule has 0 bridgehead atoms. The van der Waals surface area contributed by atoms with Gasteiger partial charge in [-0.3, -0.25) is 10.4 Å². The van der Waals surface area contributed by atoms with Crippen LogP contribution in [0.2, 0.25) is 5.02 Å². The van der Waals surface area contributed by atoms with Crippen LogP contribution in [0.5, 0.6) is 0 Å². The molecule has 1 aromatic carbocycles. The molecule has 0 saturated heterocycles. The second-order valence-corrected chi connectivity index (χ2v) is 4.79. The van der Waals surface area contributed by atoms with Crippen LogP contribution in [0.15, 0.2) is 55.2 Å². The van der Waals surface area contributed by atoms with E-state index in [4.69, 9.17) is 11.6 Å². The fourth-order valence-electron chi connectivity index (χ4n) is 1.93. The van der Waals surface area contributed by atoms with Crippen LogP contribution in [-0.4, -0.2) is 19.9 Å². The third-order valence-corrected chi connectivity index (χ3v) is 3.15. The molecule has 0 saturated carbocycles. The van der Waals surface area contributed by atoms with Gasteiger partial charge in [-0.2, -0.15) is 4.79 Å². The van der Waals surface area contributed by atoms with E-state index < -0.39 is 0 Å². The van der Waals surface area contributed by atoms with Crippen molar-refractivity contribution in [1.29, 1.82) is 0 Å². The van der Waals surface area contributed by atoms with Gasteiger partial charge in [0.15, 0.2) is 0 Å². The van der Waals surface area contributed by atoms with Gasteiger partial charge in [-0.05, 0) is 29.8 Å². The lowest BCUT2D eigenvalue weighted by molar-refractivity contribution is 0.624. The number of pyridine rings is 1. The fourth-order valence-corrected chi connectivity index (χ4v) is 2.04. The van der Waals surface area contributed by atoms with Gasteiger partial charge in [0.25, 0.3) is 0 Å². The van der Waals surface area contributed by atoms with Gasteiger partial charge in [-0.15, -0.1) is 5.10 Å². The van der Waals surface area contributed by atoms with E-state index in [0.29, 0.717) is 5.02 Å². The summed E-state index contributed by atoms with van der Waals surface area (Å²) in [5, 5.41) is 4.56. The maximum Gasteiger partial charge on any atom is 0.139 e. The number of nitrogens with zero attached hydrogens (tertiary/aromatic N) is 4. The minimum absolute atomic E-state index is 0.290. The summed E-state index contributed by atoms with van der Waals surface area (Å²) in [7, 11) is 0. The van der Waals surface area contributed by atoms with E-state index >= 15 is 0 Å². The molecule has 0 radical (unpaired) electrons. The number of nitrogens with one attached hydrogen (secondary N) is 1. The molecule has 0 amide bonds. The van der Waals surface area contributed by atoms with Crippen molar-refractivity contribution < 1.29 is 4.39 Å². The van der Waals surface area contributed by atoms with Crippen LogP contribution in [-0.2, 0) is 0 Å². The Kier molecular flexibility index (Phi) is 3.79. The molecule has 7 heteroatoms. The molecule has 0 aliphatic carbocycles. The third-order valence-electron chi connectivity index (χ3n) is 2.93. The molecule has 0 fully saturated rings. The first-order valence-electron chi connectivity index (χ1n) is 6.20. The lowest BCUT2D eigenvalue weighted by Gasteiger charge is -2.19. The summed E-state index contributed by atoms with van der Waals surface area (Å²) in [6.07, 6.45) is 4.52. The van der Waals surface area contributed by atoms with Crippen LogP contribution in [0.25, 0.3) is 0 Å². The second-order valence-electron chi connectivity index (χ2n) is 4.35. The molecule has 0 aliphatic heterocycles. The SMILES string of the molecule is Fc1ccc(C(Nn2cncn2)c2ccc(Cl)cn2)cc1. The van der Waals surface area contributed by atoms with Gasteiger partial charge >= 0.3 is 0 Å². The van der Waals surface area contributed by atoms with Crippen LogP contribution < -0.4 is 5.43 Å². The molecule has 3 rings (SSSR count). The molecular weight excluding hydrogens is 293 g/mol. The highest BCUT2D eigenvalue weighted by molar-refractivity contribution is 6.30. The highest BCUT2D eigenvalue weighted by Crippen LogP contribution is 2.22. The topological polar surface area (TPSA) is 55.6 Å². The third kappa shape index (κ3) is 3.17. The molecule has 106 valence electrons. The monoisotopic (exact) mass is 303 g/mol. The first-order chi connectivity index (χ1) is 10.2. The maximum atomic E-state index is 13.1. The number of hydrogen-bond acceptors (Lipinski definition) is 4. The van der Waals surface area contributed by atoms with E-state index in [1.54, 1.807) is 30.5 Å². The van der Waals surface area contributed by atoms with Gasteiger partial charge < -0.3 is 0 Å². The zero-order valence-electron chi connectivity index (χ0n) is 10.8. The van der Waals surface area contributed by atoms with Crippen molar-refractivity contribution in [3.05, 3.63) is 77.3 Å². The predicted octanol–water partition coefficient (Wildman–Crippen LogP) is 2.80. The van der Waals surface area contributed by atoms with E-state index in [1.807, 2.05) is 0 Å². The minimum Gasteiger partial charge on any atom is -0.295 e. The first-order valence-corrected chi connectivity index (χ1v) is 6.58. The Labute approximate surface area is 125 Å². The Morgan fingerprint density at radius 1 is 1.14 bits per heavy atom. The van der Waals surface area contributed by atoms with Crippen molar-refractivity contribution in [3.8, 4) is 0 Å². The molecule has 1 atom stereocenters. The smallest absolute Gasteiger partial charge is 0.139 e. The Bertz CT molecular complexity index is 652. The van der Waals surface area contributed by atoms with E-state index in [1.165, 1.54) is 29.6 Å². The van der Waals surface area contributed by atoms with Crippen molar-refractivity contribution in [2.45, 2.75) is 6.04 Å². The predicted molar refractivity (Wildman–Crippen MR) is 76.9 cm³/mol. The van der Waals surface area contributed by atoms with E-state index in [2.05, 4.69) is 20.5 Å². The van der Waals surface area contributed by atoms with Crippen molar-refractivity contribution >= 4 is 11.6 Å². The molecule has 2 aromatic heterocycles. The van der Waals surface area contributed by atoms with Crippen molar-refractivity contribution in [3.63, 3.8) is 0 Å². The Hall–Kier alpha value is -2.47. The molecular formula is C14H11ClFN5. The standard InChI is InChI=1S/C14H11ClFN5/c15-11-3-6-13(18-7-11)14(20-21-9-17-8-19-21)10-1-4-12(16)5-2-10/h1-9,14,20H. The van der Waals surface area contributed by atoms with E-state index in [0.717, 1.165) is 11.3 Å². The van der Waals surface area contributed by atoms with E-state index in [9.17, 15) is 4.39 Å². The van der Waals surface area contributed by atoms with Gasteiger partial charge in [0.2, 0.25) is 0 Å². The minimum atomic E-state index is -0.301. The van der Waals surface area contributed by atoms with Crippen molar-refractivity contribution in [2.75, 3.05) is 5.43 Å². The molecule has 21 heavy (non-hydrogen) atoms. The number of benzene rings is 1. The lowest BCUT2D eigenvalue weighted by atomic mass is 10.0. The molecule has 0 aliphatic rings. The average molecular weight is 304 g/mol. The quantitative estimate of drug-likeness (QED) is 0.805. The number of halogens is 2. The molecule has 1 unspecified atom stereocenters. The molecule has 2 heterocycles. The largest absolute Gasteiger partial charge is 0.295 e. The zero-order valence-corrected chi connectivity index (χ0v) is 11.6. The maximum absolute atomic E-state index is 13.1. The summed E-state index contributed by atoms with van der Waals surface area (Å²) in [5.74, 6) is -0.290. The van der Waals surface area contributed by atoms with Crippen LogP contribution in [0.1, 0.15) is 17.3 Å². The van der Waals surface area contributed by atoms with Gasteiger partial charge in [0, 0.05) is 6.20 Å². The molecule has 5 nitrogen and oxygen atoms in total. The Morgan fingerprint density at radius 2 is 1.95 bits per heavy atom. The Morgan fingerprint density at radius 3 is 2.57 bits per heavy atom. The molecule has 1 N–H and O–H groups in total. The lowest BCUT2D eigenvalue weighted by Crippen LogP contribution is -2.23. The van der Waals surface area contributed by atoms with E-state index in [-0.39, 0.29) is 11.9 Å². The van der Waals surface area contributed by atoms with Crippen molar-refractivity contribution in [2.24, 2.45) is 0 Å². The molecule has 3 aromatic rings. The normalized spacial score (nSPS) is 12.1. The van der Waals surface area contributed by atoms with Gasteiger partial charge in [-0.25, -0.2) is 9.37 Å². The van der Waals surface area contributed by atoms with Crippen LogP contribution in [0, 0.1) is 5.82 Å². The summed E-state index contributed by atoms with van der Waals surface area (Å²) in [6.45, 7) is 0. The van der Waals surface area contributed by atoms with Gasteiger partial charge in [-0.1, -0.05) is 23.7 Å². The summed E-state index contributed by atoms with van der Waals surface area (Å²) in [4.78, 5) is 9.66. The Balaban J connectivity index is 1.97. The second kappa shape index (κ2) is 5.88. The van der Waals surface area contributed by atoms with Crippen molar-refractivity contribution in [1.82, 2.24) is 19.9 Å². The van der Waals surface area contributed by atoms with Crippen LogP contribution >= 0.6 is 11.6 Å². The van der Waals surface area contributed by atoms with Gasteiger partial charge in [0.1, 0.15) is 24.5 Å². The number of aromatic nitrogens is 4. The molecule has 0 spiro atoms. The van der Waals surface area contributed by atoms with Gasteiger partial charge in [0.05, 0.1) is 10.7 Å². The van der Waals surface area contributed by atoms with Crippen LogP contribution in [0.3, 0.4) is 0 Å². The first kappa shape index (κ1) is 13.5. The highest BCUT2D eigenvalue weighted by atomic mass is 35.5. The average Bonchev–Trinajstić information content (AvgIpc) is 3.00. The summed E-state index contributed by atoms with van der Waals surface area (Å²) < 4.78 is 13.1. The number of rotatable bonds is 4. The fraction of sp³-hybridized carbons (Fsp3) is 0.0714. The summed E-state index contributed by atoms with van der Waals surface area (Å²) in [6, 6.07) is 9.46. The van der Waals surface area contributed by atoms with Crippen LogP contribution in [0.4, 0.5) is 4.39 Å². The zero-order chi connectivity index (χ0) is 14.7. The summed E-state index contributed by atoms with van der Waals surface area (Å²) >= 11 is 5.87.